The summed E-state index contributed by atoms with van der Waals surface area (Å²) >= 11 is 0. The van der Waals surface area contributed by atoms with Gasteiger partial charge in [0.1, 0.15) is 0 Å². The van der Waals surface area contributed by atoms with Crippen molar-refractivity contribution in [1.82, 2.24) is 4.90 Å². The van der Waals surface area contributed by atoms with Gasteiger partial charge in [-0.3, -0.25) is 4.79 Å². The van der Waals surface area contributed by atoms with Gasteiger partial charge in [-0.2, -0.15) is 0 Å². The number of unbranched alkanes of at least 4 members (excludes halogenated alkanes) is 2. The van der Waals surface area contributed by atoms with Crippen LogP contribution in [0.25, 0.3) is 0 Å². The number of rotatable bonds is 8. The lowest BCUT2D eigenvalue weighted by Crippen LogP contribution is -2.35. The third kappa shape index (κ3) is 5.06. The first-order chi connectivity index (χ1) is 9.20. The zero-order chi connectivity index (χ0) is 14.1. The number of hydrogen-bond donors (Lipinski definition) is 0. The number of hydrogen-bond acceptors (Lipinski definition) is 1. The van der Waals surface area contributed by atoms with E-state index in [0.717, 1.165) is 44.3 Å². The van der Waals surface area contributed by atoms with E-state index in [2.05, 4.69) is 13.8 Å². The Balaban J connectivity index is 2.68. The van der Waals surface area contributed by atoms with Crippen molar-refractivity contribution in [3.05, 3.63) is 35.9 Å². The molecule has 0 aliphatic rings. The highest BCUT2D eigenvalue weighted by atomic mass is 16.2. The maximum Gasteiger partial charge on any atom is 0.229 e. The van der Waals surface area contributed by atoms with Crippen LogP contribution in [-0.2, 0) is 4.79 Å². The molecule has 0 aromatic heterocycles. The van der Waals surface area contributed by atoms with Gasteiger partial charge in [0.2, 0.25) is 5.91 Å². The summed E-state index contributed by atoms with van der Waals surface area (Å²) in [6.45, 7) is 8.15. The van der Waals surface area contributed by atoms with Crippen molar-refractivity contribution in [2.75, 3.05) is 13.1 Å². The highest BCUT2D eigenvalue weighted by molar-refractivity contribution is 5.83. The van der Waals surface area contributed by atoms with Gasteiger partial charge in [-0.25, -0.2) is 0 Å². The molecule has 19 heavy (non-hydrogen) atoms. The van der Waals surface area contributed by atoms with Crippen LogP contribution in [-0.4, -0.2) is 23.9 Å². The molecular formula is C17H27NO. The predicted octanol–water partition coefficient (Wildman–Crippen LogP) is 4.22. The molecule has 0 radical (unpaired) electrons. The summed E-state index contributed by atoms with van der Waals surface area (Å²) in [5.41, 5.74) is 1.12. The highest BCUT2D eigenvalue weighted by Crippen LogP contribution is 2.18. The molecule has 1 aromatic rings. The van der Waals surface area contributed by atoms with Crippen LogP contribution in [0, 0.1) is 0 Å². The van der Waals surface area contributed by atoms with E-state index in [0.29, 0.717) is 0 Å². The minimum atomic E-state index is -0.0325. The molecule has 0 fully saturated rings. The lowest BCUT2D eigenvalue weighted by Gasteiger charge is -2.26. The van der Waals surface area contributed by atoms with Gasteiger partial charge >= 0.3 is 0 Å². The Hall–Kier alpha value is -1.31. The van der Waals surface area contributed by atoms with Gasteiger partial charge in [-0.1, -0.05) is 57.0 Å². The largest absolute Gasteiger partial charge is 0.342 e. The van der Waals surface area contributed by atoms with Crippen molar-refractivity contribution in [3.63, 3.8) is 0 Å². The fraction of sp³-hybridized carbons (Fsp3) is 0.588. The van der Waals surface area contributed by atoms with Crippen LogP contribution < -0.4 is 0 Å². The van der Waals surface area contributed by atoms with Crippen LogP contribution in [0.4, 0.5) is 0 Å². The van der Waals surface area contributed by atoms with Crippen molar-refractivity contribution >= 4 is 5.91 Å². The zero-order valence-corrected chi connectivity index (χ0v) is 12.6. The smallest absolute Gasteiger partial charge is 0.229 e. The second-order valence-electron chi connectivity index (χ2n) is 5.16. The summed E-state index contributed by atoms with van der Waals surface area (Å²) in [6.07, 6.45) is 4.46. The molecule has 2 nitrogen and oxygen atoms in total. The average molecular weight is 261 g/mol. The maximum atomic E-state index is 12.6. The molecule has 1 amide bonds. The van der Waals surface area contributed by atoms with Crippen molar-refractivity contribution in [2.24, 2.45) is 0 Å². The van der Waals surface area contributed by atoms with Crippen molar-refractivity contribution < 1.29 is 4.79 Å². The van der Waals surface area contributed by atoms with Crippen LogP contribution in [0.5, 0.6) is 0 Å². The van der Waals surface area contributed by atoms with Crippen LogP contribution in [0.2, 0.25) is 0 Å². The Morgan fingerprint density at radius 3 is 2.05 bits per heavy atom. The van der Waals surface area contributed by atoms with Gasteiger partial charge < -0.3 is 4.90 Å². The molecule has 0 saturated heterocycles. The van der Waals surface area contributed by atoms with Crippen LogP contribution >= 0.6 is 0 Å². The molecule has 106 valence electrons. The summed E-state index contributed by atoms with van der Waals surface area (Å²) < 4.78 is 0. The van der Waals surface area contributed by atoms with Crippen LogP contribution in [0.3, 0.4) is 0 Å². The monoisotopic (exact) mass is 261 g/mol. The van der Waals surface area contributed by atoms with E-state index in [1.54, 1.807) is 0 Å². The van der Waals surface area contributed by atoms with E-state index >= 15 is 0 Å². The summed E-state index contributed by atoms with van der Waals surface area (Å²) in [4.78, 5) is 14.6. The quantitative estimate of drug-likeness (QED) is 0.686. The molecule has 0 saturated carbocycles. The van der Waals surface area contributed by atoms with Crippen LogP contribution in [0.15, 0.2) is 30.3 Å². The molecule has 1 rings (SSSR count). The topological polar surface area (TPSA) is 20.3 Å². The van der Waals surface area contributed by atoms with E-state index in [1.165, 1.54) is 0 Å². The number of nitrogens with zero attached hydrogens (tertiary/aromatic N) is 1. The second-order valence-corrected chi connectivity index (χ2v) is 5.16. The first-order valence-electron chi connectivity index (χ1n) is 7.54. The Morgan fingerprint density at radius 1 is 1.05 bits per heavy atom. The van der Waals surface area contributed by atoms with Crippen molar-refractivity contribution in [1.29, 1.82) is 0 Å². The molecule has 1 atom stereocenters. The number of benzene rings is 1. The lowest BCUT2D eigenvalue weighted by molar-refractivity contribution is -0.132. The predicted molar refractivity (Wildman–Crippen MR) is 81.3 cm³/mol. The molecule has 0 bridgehead atoms. The average Bonchev–Trinajstić information content (AvgIpc) is 2.47. The Bertz CT molecular complexity index is 353. The minimum Gasteiger partial charge on any atom is -0.342 e. The van der Waals surface area contributed by atoms with E-state index in [-0.39, 0.29) is 11.8 Å². The van der Waals surface area contributed by atoms with Crippen molar-refractivity contribution in [3.8, 4) is 0 Å². The molecule has 0 heterocycles. The molecule has 0 N–H and O–H groups in total. The molecule has 2 heteroatoms. The molecule has 0 unspecified atom stereocenters. The van der Waals surface area contributed by atoms with Crippen LogP contribution in [0.1, 0.15) is 57.9 Å². The number of carbonyl (C=O) groups excluding carboxylic acids is 1. The Labute approximate surface area is 117 Å². The fourth-order valence-electron chi connectivity index (χ4n) is 2.19. The standard InChI is InChI=1S/C17H27NO/c1-4-6-13-18(14-7-5-2)17(19)15(3)16-11-9-8-10-12-16/h8-12,15H,4-7,13-14H2,1-3H3/t15-/m1/s1. The molecule has 0 aliphatic heterocycles. The first kappa shape index (κ1) is 15.7. The third-order valence-corrected chi connectivity index (χ3v) is 3.54. The first-order valence-corrected chi connectivity index (χ1v) is 7.54. The van der Waals surface area contributed by atoms with Gasteiger partial charge in [-0.15, -0.1) is 0 Å². The Kier molecular flexibility index (Phi) is 7.24. The van der Waals surface area contributed by atoms with Gasteiger partial charge in [0.15, 0.2) is 0 Å². The van der Waals surface area contributed by atoms with Gasteiger partial charge in [0.25, 0.3) is 0 Å². The lowest BCUT2D eigenvalue weighted by atomic mass is 9.99. The fourth-order valence-corrected chi connectivity index (χ4v) is 2.19. The summed E-state index contributed by atoms with van der Waals surface area (Å²) in [5.74, 6) is 0.239. The summed E-state index contributed by atoms with van der Waals surface area (Å²) in [6, 6.07) is 10.1. The van der Waals surface area contributed by atoms with Gasteiger partial charge in [-0.05, 0) is 25.3 Å². The molecule has 0 aliphatic carbocycles. The van der Waals surface area contributed by atoms with E-state index in [9.17, 15) is 4.79 Å². The molecular weight excluding hydrogens is 234 g/mol. The van der Waals surface area contributed by atoms with E-state index < -0.39 is 0 Å². The van der Waals surface area contributed by atoms with Gasteiger partial charge in [0, 0.05) is 13.1 Å². The highest BCUT2D eigenvalue weighted by Gasteiger charge is 2.20. The van der Waals surface area contributed by atoms with E-state index in [4.69, 9.17) is 0 Å². The number of carbonyl (C=O) groups is 1. The SMILES string of the molecule is CCCCN(CCCC)C(=O)[C@H](C)c1ccccc1. The Morgan fingerprint density at radius 2 is 1.58 bits per heavy atom. The van der Waals surface area contributed by atoms with Gasteiger partial charge in [0.05, 0.1) is 5.92 Å². The molecule has 1 aromatic carbocycles. The number of amides is 1. The van der Waals surface area contributed by atoms with Crippen molar-refractivity contribution in [2.45, 2.75) is 52.4 Å². The normalized spacial score (nSPS) is 12.2. The third-order valence-electron chi connectivity index (χ3n) is 3.54. The summed E-state index contributed by atoms with van der Waals surface area (Å²) in [7, 11) is 0. The minimum absolute atomic E-state index is 0.0325. The second kappa shape index (κ2) is 8.73. The zero-order valence-electron chi connectivity index (χ0n) is 12.6. The maximum absolute atomic E-state index is 12.6. The summed E-state index contributed by atoms with van der Waals surface area (Å²) in [5, 5.41) is 0. The van der Waals surface area contributed by atoms with E-state index in [1.807, 2.05) is 42.2 Å². The molecule has 0 spiro atoms.